The Morgan fingerprint density at radius 1 is 1.48 bits per heavy atom. The van der Waals surface area contributed by atoms with Crippen LogP contribution in [0.2, 0.25) is 0 Å². The summed E-state index contributed by atoms with van der Waals surface area (Å²) in [4.78, 5) is 11.8. The zero-order valence-electron chi connectivity index (χ0n) is 13.7. The minimum Gasteiger partial charge on any atom is -0.337 e. The largest absolute Gasteiger partial charge is 0.337 e. The van der Waals surface area contributed by atoms with Crippen LogP contribution in [0, 0.1) is 6.92 Å². The molecular weight excluding hydrogens is 288 g/mol. The van der Waals surface area contributed by atoms with Crippen LogP contribution >= 0.6 is 0 Å². The van der Waals surface area contributed by atoms with E-state index in [1.165, 1.54) is 0 Å². The minimum absolute atomic E-state index is 0.119. The molecule has 1 aromatic heterocycles. The van der Waals surface area contributed by atoms with Crippen molar-refractivity contribution in [2.24, 2.45) is 7.05 Å². The van der Waals surface area contributed by atoms with Crippen molar-refractivity contribution in [3.63, 3.8) is 0 Å². The van der Waals surface area contributed by atoms with E-state index in [0.717, 1.165) is 11.3 Å². The van der Waals surface area contributed by atoms with Crippen molar-refractivity contribution in [1.29, 1.82) is 0 Å². The van der Waals surface area contributed by atoms with Crippen molar-refractivity contribution in [3.8, 4) is 0 Å². The highest BCUT2D eigenvalue weighted by atomic mass is 32.2. The van der Waals surface area contributed by atoms with Gasteiger partial charge in [-0.1, -0.05) is 0 Å². The highest BCUT2D eigenvalue weighted by Gasteiger charge is 2.19. The SMILES string of the molecule is Cc1nn(C)cc1[C@@H](C)NC(=O)NCC[S@](=O)C(C)(C)C. The molecule has 1 rings (SSSR count). The van der Waals surface area contributed by atoms with E-state index in [0.29, 0.717) is 12.3 Å². The van der Waals surface area contributed by atoms with E-state index in [2.05, 4.69) is 15.7 Å². The molecule has 7 heteroatoms. The Morgan fingerprint density at radius 3 is 2.57 bits per heavy atom. The van der Waals surface area contributed by atoms with Gasteiger partial charge in [0.05, 0.1) is 11.7 Å². The summed E-state index contributed by atoms with van der Waals surface area (Å²) in [5.41, 5.74) is 1.89. The number of hydrogen-bond donors (Lipinski definition) is 2. The number of rotatable bonds is 5. The Bertz CT molecular complexity index is 520. The monoisotopic (exact) mass is 314 g/mol. The van der Waals surface area contributed by atoms with Gasteiger partial charge >= 0.3 is 6.03 Å². The van der Waals surface area contributed by atoms with Crippen LogP contribution in [0.4, 0.5) is 4.79 Å². The van der Waals surface area contributed by atoms with E-state index < -0.39 is 10.8 Å². The first-order valence-corrected chi connectivity index (χ1v) is 8.36. The van der Waals surface area contributed by atoms with E-state index in [1.807, 2.05) is 47.9 Å². The molecule has 0 aliphatic rings. The summed E-state index contributed by atoms with van der Waals surface area (Å²) in [7, 11) is 0.894. The number of aromatic nitrogens is 2. The number of carbonyl (C=O) groups is 1. The second-order valence-corrected chi connectivity index (χ2v) is 8.45. The van der Waals surface area contributed by atoms with Crippen LogP contribution < -0.4 is 10.6 Å². The van der Waals surface area contributed by atoms with Gasteiger partial charge in [-0.25, -0.2) is 4.79 Å². The lowest BCUT2D eigenvalue weighted by Gasteiger charge is -2.18. The minimum atomic E-state index is -0.959. The van der Waals surface area contributed by atoms with Crippen molar-refractivity contribution in [2.45, 2.75) is 45.4 Å². The van der Waals surface area contributed by atoms with Crippen LogP contribution in [0.3, 0.4) is 0 Å². The molecule has 0 spiro atoms. The lowest BCUT2D eigenvalue weighted by atomic mass is 10.1. The average Bonchev–Trinajstić information content (AvgIpc) is 2.67. The molecule has 2 amide bonds. The summed E-state index contributed by atoms with van der Waals surface area (Å²) in [6.45, 7) is 10.0. The Kier molecular flexibility index (Phi) is 5.95. The Labute approximate surface area is 129 Å². The smallest absolute Gasteiger partial charge is 0.315 e. The Hall–Kier alpha value is -1.37. The number of urea groups is 1. The zero-order chi connectivity index (χ0) is 16.2. The Balaban J connectivity index is 2.41. The number of nitrogens with one attached hydrogen (secondary N) is 2. The topological polar surface area (TPSA) is 76.0 Å². The summed E-state index contributed by atoms with van der Waals surface area (Å²) in [6, 6.07) is -0.372. The molecular formula is C14H26N4O2S. The fourth-order valence-corrected chi connectivity index (χ4v) is 2.83. The molecule has 2 N–H and O–H groups in total. The van der Waals surface area contributed by atoms with E-state index >= 15 is 0 Å². The normalized spacial score (nSPS) is 14.6. The van der Waals surface area contributed by atoms with Crippen molar-refractivity contribution in [2.75, 3.05) is 12.3 Å². The summed E-state index contributed by atoms with van der Waals surface area (Å²) in [6.07, 6.45) is 1.90. The molecule has 21 heavy (non-hydrogen) atoms. The molecule has 2 atom stereocenters. The van der Waals surface area contributed by atoms with Crippen molar-refractivity contribution < 1.29 is 9.00 Å². The predicted octanol–water partition coefficient (Wildman–Crippen LogP) is 1.64. The maximum absolute atomic E-state index is 11.9. The molecule has 0 unspecified atom stereocenters. The maximum Gasteiger partial charge on any atom is 0.315 e. The summed E-state index contributed by atoms with van der Waals surface area (Å²) < 4.78 is 13.3. The van der Waals surface area contributed by atoms with Gasteiger partial charge in [-0.3, -0.25) is 8.89 Å². The van der Waals surface area contributed by atoms with Crippen LogP contribution in [-0.2, 0) is 17.8 Å². The quantitative estimate of drug-likeness (QED) is 0.867. The van der Waals surface area contributed by atoms with Gasteiger partial charge in [0.15, 0.2) is 0 Å². The number of carbonyl (C=O) groups excluding carboxylic acids is 1. The fourth-order valence-electron chi connectivity index (χ4n) is 1.93. The van der Waals surface area contributed by atoms with Gasteiger partial charge in [0, 0.05) is 46.7 Å². The fraction of sp³-hybridized carbons (Fsp3) is 0.714. The first kappa shape index (κ1) is 17.7. The molecule has 0 bridgehead atoms. The molecule has 1 heterocycles. The predicted molar refractivity (Wildman–Crippen MR) is 85.7 cm³/mol. The van der Waals surface area contributed by atoms with Crippen LogP contribution in [0.5, 0.6) is 0 Å². The van der Waals surface area contributed by atoms with Crippen molar-refractivity contribution >= 4 is 16.8 Å². The first-order valence-electron chi connectivity index (χ1n) is 7.04. The molecule has 0 aromatic carbocycles. The van der Waals surface area contributed by atoms with Crippen LogP contribution in [0.25, 0.3) is 0 Å². The van der Waals surface area contributed by atoms with Crippen molar-refractivity contribution in [1.82, 2.24) is 20.4 Å². The Morgan fingerprint density at radius 2 is 2.10 bits per heavy atom. The molecule has 1 aromatic rings. The second kappa shape index (κ2) is 7.06. The van der Waals surface area contributed by atoms with Gasteiger partial charge in [-0.15, -0.1) is 0 Å². The van der Waals surface area contributed by atoms with Crippen LogP contribution in [-0.4, -0.2) is 37.1 Å². The second-order valence-electron chi connectivity index (χ2n) is 6.13. The number of hydrogen-bond acceptors (Lipinski definition) is 3. The lowest BCUT2D eigenvalue weighted by molar-refractivity contribution is 0.238. The van der Waals surface area contributed by atoms with E-state index in [-0.39, 0.29) is 16.8 Å². The molecule has 0 aliphatic carbocycles. The highest BCUT2D eigenvalue weighted by Crippen LogP contribution is 2.15. The average molecular weight is 314 g/mol. The van der Waals surface area contributed by atoms with Crippen molar-refractivity contribution in [3.05, 3.63) is 17.5 Å². The molecule has 0 aliphatic heterocycles. The highest BCUT2D eigenvalue weighted by molar-refractivity contribution is 7.86. The first-order chi connectivity index (χ1) is 9.61. The number of amides is 2. The molecule has 120 valence electrons. The summed E-state index contributed by atoms with van der Waals surface area (Å²) >= 11 is 0. The van der Waals surface area contributed by atoms with Gasteiger partial charge in [-0.2, -0.15) is 5.10 Å². The van der Waals surface area contributed by atoms with Gasteiger partial charge < -0.3 is 10.6 Å². The van der Waals surface area contributed by atoms with Gasteiger partial charge in [-0.05, 0) is 34.6 Å². The van der Waals surface area contributed by atoms with Gasteiger partial charge in [0.1, 0.15) is 0 Å². The summed E-state index contributed by atoms with van der Waals surface area (Å²) in [5, 5.41) is 9.86. The summed E-state index contributed by atoms with van der Waals surface area (Å²) in [5.74, 6) is 0.456. The standard InChI is InChI=1S/C14H26N4O2S/c1-10(12-9-18(6)17-11(12)2)16-13(19)15-7-8-21(20)14(3,4)5/h9-10H,7-8H2,1-6H3,(H2,15,16,19)/t10-,21+/m1/s1. The van der Waals surface area contributed by atoms with E-state index in [9.17, 15) is 9.00 Å². The van der Waals surface area contributed by atoms with E-state index in [1.54, 1.807) is 4.68 Å². The number of aryl methyl sites for hydroxylation is 2. The third kappa shape index (κ3) is 5.49. The molecule has 6 nitrogen and oxygen atoms in total. The molecule has 0 saturated heterocycles. The van der Waals surface area contributed by atoms with Crippen LogP contribution in [0.15, 0.2) is 6.20 Å². The lowest BCUT2D eigenvalue weighted by Crippen LogP contribution is -2.40. The number of nitrogens with zero attached hydrogens (tertiary/aromatic N) is 2. The van der Waals surface area contributed by atoms with Crippen LogP contribution in [0.1, 0.15) is 45.0 Å². The third-order valence-corrected chi connectivity index (χ3v) is 5.06. The van der Waals surface area contributed by atoms with Gasteiger partial charge in [0.2, 0.25) is 0 Å². The molecule has 0 fully saturated rings. The van der Waals surface area contributed by atoms with Gasteiger partial charge in [0.25, 0.3) is 0 Å². The molecule has 0 saturated carbocycles. The third-order valence-electron chi connectivity index (χ3n) is 3.12. The zero-order valence-corrected chi connectivity index (χ0v) is 14.5. The maximum atomic E-state index is 11.9. The van der Waals surface area contributed by atoms with E-state index in [4.69, 9.17) is 0 Å². The molecule has 0 radical (unpaired) electrons.